The van der Waals surface area contributed by atoms with Gasteiger partial charge in [0, 0.05) is 31.9 Å². The van der Waals surface area contributed by atoms with Crippen molar-refractivity contribution in [2.45, 2.75) is 51.9 Å². The van der Waals surface area contributed by atoms with Gasteiger partial charge in [0.15, 0.2) is 0 Å². The summed E-state index contributed by atoms with van der Waals surface area (Å²) in [6.07, 6.45) is 7.20. The molecule has 2 rings (SSSR count). The monoisotopic (exact) mass is 439 g/mol. The van der Waals surface area contributed by atoms with Gasteiger partial charge in [0.1, 0.15) is 5.75 Å². The Labute approximate surface area is 192 Å². The molecular formula is C26H37N3O3. The van der Waals surface area contributed by atoms with E-state index in [1.165, 1.54) is 25.7 Å². The number of carbonyl (C=O) groups is 2. The van der Waals surface area contributed by atoms with E-state index in [9.17, 15) is 9.59 Å². The van der Waals surface area contributed by atoms with Crippen LogP contribution in [0.2, 0.25) is 0 Å². The van der Waals surface area contributed by atoms with Crippen LogP contribution in [0.3, 0.4) is 0 Å². The highest BCUT2D eigenvalue weighted by Gasteiger charge is 2.06. The summed E-state index contributed by atoms with van der Waals surface area (Å²) in [6, 6.07) is 15.3. The van der Waals surface area contributed by atoms with Crippen LogP contribution in [0.1, 0.15) is 51.0 Å². The molecule has 0 aliphatic heterocycles. The van der Waals surface area contributed by atoms with E-state index in [2.05, 4.69) is 17.6 Å². The molecule has 32 heavy (non-hydrogen) atoms. The van der Waals surface area contributed by atoms with Crippen LogP contribution in [0, 0.1) is 0 Å². The second-order valence-corrected chi connectivity index (χ2v) is 8.18. The summed E-state index contributed by atoms with van der Waals surface area (Å²) in [7, 11) is 3.52. The third-order valence-corrected chi connectivity index (χ3v) is 5.16. The fourth-order valence-electron chi connectivity index (χ4n) is 3.23. The van der Waals surface area contributed by atoms with E-state index in [4.69, 9.17) is 4.74 Å². The van der Waals surface area contributed by atoms with Gasteiger partial charge in [-0.3, -0.25) is 9.59 Å². The summed E-state index contributed by atoms with van der Waals surface area (Å²) in [5, 5.41) is 6.03. The van der Waals surface area contributed by atoms with Crippen LogP contribution >= 0.6 is 0 Å². The van der Waals surface area contributed by atoms with Crippen molar-refractivity contribution >= 4 is 23.2 Å². The van der Waals surface area contributed by atoms with Crippen molar-refractivity contribution in [1.82, 2.24) is 4.90 Å². The Hall–Kier alpha value is -3.02. The van der Waals surface area contributed by atoms with Crippen molar-refractivity contribution in [2.24, 2.45) is 0 Å². The number of aryl methyl sites for hydroxylation is 1. The van der Waals surface area contributed by atoms with E-state index in [0.29, 0.717) is 12.8 Å². The smallest absolute Gasteiger partial charge is 0.243 e. The van der Waals surface area contributed by atoms with E-state index in [-0.39, 0.29) is 18.4 Å². The SMILES string of the molecule is CCCCCCCOc1ccc(NC(=O)CNc2cccc(CCC(=O)N(C)C)c2)cc1. The highest BCUT2D eigenvalue weighted by atomic mass is 16.5. The lowest BCUT2D eigenvalue weighted by Gasteiger charge is -2.11. The summed E-state index contributed by atoms with van der Waals surface area (Å²) in [6.45, 7) is 3.10. The molecule has 2 aromatic rings. The van der Waals surface area contributed by atoms with Gasteiger partial charge in [-0.1, -0.05) is 44.7 Å². The van der Waals surface area contributed by atoms with Crippen LogP contribution in [-0.4, -0.2) is 44.0 Å². The second-order valence-electron chi connectivity index (χ2n) is 8.18. The van der Waals surface area contributed by atoms with Crippen molar-refractivity contribution in [3.8, 4) is 5.75 Å². The Morgan fingerprint density at radius 2 is 1.69 bits per heavy atom. The quantitative estimate of drug-likeness (QED) is 0.402. The minimum absolute atomic E-state index is 0.103. The zero-order valence-corrected chi connectivity index (χ0v) is 19.7. The maximum absolute atomic E-state index is 12.3. The molecule has 0 unspecified atom stereocenters. The Morgan fingerprint density at radius 3 is 2.41 bits per heavy atom. The number of hydrogen-bond acceptors (Lipinski definition) is 4. The van der Waals surface area contributed by atoms with Gasteiger partial charge in [0.25, 0.3) is 0 Å². The molecule has 174 valence electrons. The minimum Gasteiger partial charge on any atom is -0.494 e. The van der Waals surface area contributed by atoms with E-state index in [1.807, 2.05) is 48.5 Å². The van der Waals surface area contributed by atoms with Crippen LogP contribution in [0.4, 0.5) is 11.4 Å². The molecule has 6 heteroatoms. The van der Waals surface area contributed by atoms with Crippen LogP contribution in [-0.2, 0) is 16.0 Å². The maximum atomic E-state index is 12.3. The number of ether oxygens (including phenoxy) is 1. The average molecular weight is 440 g/mol. The molecule has 0 aliphatic rings. The summed E-state index contributed by atoms with van der Waals surface area (Å²) >= 11 is 0. The summed E-state index contributed by atoms with van der Waals surface area (Å²) in [4.78, 5) is 25.6. The molecule has 0 heterocycles. The first kappa shape index (κ1) is 25.2. The Kier molecular flexibility index (Phi) is 11.1. The van der Waals surface area contributed by atoms with Crippen LogP contribution < -0.4 is 15.4 Å². The van der Waals surface area contributed by atoms with Crippen molar-refractivity contribution in [3.63, 3.8) is 0 Å². The van der Waals surface area contributed by atoms with E-state index in [0.717, 1.165) is 35.7 Å². The maximum Gasteiger partial charge on any atom is 0.243 e. The van der Waals surface area contributed by atoms with Gasteiger partial charge in [-0.15, -0.1) is 0 Å². The Bertz CT molecular complexity index is 834. The number of anilines is 2. The third kappa shape index (κ3) is 9.86. The minimum atomic E-state index is -0.122. The standard InChI is InChI=1S/C26H37N3O3/c1-4-5-6-7-8-18-32-24-15-13-22(14-16-24)28-25(30)20-27-23-11-9-10-21(19-23)12-17-26(31)29(2)3/h9-11,13-16,19,27H,4-8,12,17-18,20H2,1-3H3,(H,28,30). The molecule has 2 aromatic carbocycles. The van der Waals surface area contributed by atoms with Crippen LogP contribution in [0.25, 0.3) is 0 Å². The molecule has 0 aliphatic carbocycles. The van der Waals surface area contributed by atoms with E-state index < -0.39 is 0 Å². The molecule has 0 spiro atoms. The normalized spacial score (nSPS) is 10.5. The lowest BCUT2D eigenvalue weighted by atomic mass is 10.1. The zero-order valence-electron chi connectivity index (χ0n) is 19.7. The fraction of sp³-hybridized carbons (Fsp3) is 0.462. The molecule has 0 saturated carbocycles. The van der Waals surface area contributed by atoms with Gasteiger partial charge >= 0.3 is 0 Å². The summed E-state index contributed by atoms with van der Waals surface area (Å²) < 4.78 is 5.76. The number of rotatable bonds is 14. The number of benzene rings is 2. The topological polar surface area (TPSA) is 70.7 Å². The van der Waals surface area contributed by atoms with Gasteiger partial charge in [-0.05, 0) is 54.8 Å². The number of unbranched alkanes of at least 4 members (excludes halogenated alkanes) is 4. The zero-order chi connectivity index (χ0) is 23.2. The first-order chi connectivity index (χ1) is 15.5. The van der Waals surface area contributed by atoms with E-state index in [1.54, 1.807) is 19.0 Å². The molecular weight excluding hydrogens is 402 g/mol. The fourth-order valence-corrected chi connectivity index (χ4v) is 3.23. The first-order valence-electron chi connectivity index (χ1n) is 11.5. The second kappa shape index (κ2) is 14.1. The lowest BCUT2D eigenvalue weighted by molar-refractivity contribution is -0.128. The van der Waals surface area contributed by atoms with Crippen LogP contribution in [0.15, 0.2) is 48.5 Å². The van der Waals surface area contributed by atoms with E-state index >= 15 is 0 Å². The largest absolute Gasteiger partial charge is 0.494 e. The third-order valence-electron chi connectivity index (χ3n) is 5.16. The van der Waals surface area contributed by atoms with Crippen molar-refractivity contribution in [3.05, 3.63) is 54.1 Å². The van der Waals surface area contributed by atoms with Crippen molar-refractivity contribution in [1.29, 1.82) is 0 Å². The van der Waals surface area contributed by atoms with Crippen molar-refractivity contribution in [2.75, 3.05) is 37.9 Å². The molecule has 0 fully saturated rings. The lowest BCUT2D eigenvalue weighted by Crippen LogP contribution is -2.22. The number of nitrogens with zero attached hydrogens (tertiary/aromatic N) is 1. The number of nitrogens with one attached hydrogen (secondary N) is 2. The molecule has 0 radical (unpaired) electrons. The molecule has 0 aromatic heterocycles. The Morgan fingerprint density at radius 1 is 0.938 bits per heavy atom. The Balaban J connectivity index is 1.71. The number of amides is 2. The molecule has 2 N–H and O–H groups in total. The predicted molar refractivity (Wildman–Crippen MR) is 131 cm³/mol. The van der Waals surface area contributed by atoms with Gasteiger partial charge < -0.3 is 20.3 Å². The molecule has 0 bridgehead atoms. The highest BCUT2D eigenvalue weighted by molar-refractivity contribution is 5.93. The van der Waals surface area contributed by atoms with Gasteiger partial charge in [-0.2, -0.15) is 0 Å². The molecule has 0 atom stereocenters. The summed E-state index contributed by atoms with van der Waals surface area (Å²) in [5.41, 5.74) is 2.66. The van der Waals surface area contributed by atoms with Gasteiger partial charge in [0.05, 0.1) is 13.2 Å². The summed E-state index contributed by atoms with van der Waals surface area (Å²) in [5.74, 6) is 0.801. The molecule has 2 amide bonds. The van der Waals surface area contributed by atoms with Crippen LogP contribution in [0.5, 0.6) is 5.75 Å². The molecule has 0 saturated heterocycles. The van der Waals surface area contributed by atoms with Gasteiger partial charge in [0.2, 0.25) is 11.8 Å². The highest BCUT2D eigenvalue weighted by Crippen LogP contribution is 2.17. The molecule has 6 nitrogen and oxygen atoms in total. The average Bonchev–Trinajstić information content (AvgIpc) is 2.79. The number of hydrogen-bond donors (Lipinski definition) is 2. The first-order valence-corrected chi connectivity index (χ1v) is 11.5. The number of carbonyl (C=O) groups excluding carboxylic acids is 2. The van der Waals surface area contributed by atoms with Crippen molar-refractivity contribution < 1.29 is 14.3 Å². The predicted octanol–water partition coefficient (Wildman–Crippen LogP) is 5.11. The van der Waals surface area contributed by atoms with Gasteiger partial charge in [-0.25, -0.2) is 0 Å².